The topological polar surface area (TPSA) is 38.5 Å². The number of halogens is 2. The van der Waals surface area contributed by atoms with Crippen molar-refractivity contribution in [2.45, 2.75) is 19.4 Å². The summed E-state index contributed by atoms with van der Waals surface area (Å²) in [5.41, 5.74) is 5.96. The SMILES string of the molecule is COCC1CCN(c2c(F)cc(CN)cc2F)CC1. The molecule has 1 aromatic carbocycles. The van der Waals surface area contributed by atoms with Gasteiger partial charge in [0.15, 0.2) is 0 Å². The van der Waals surface area contributed by atoms with Crippen LogP contribution in [0, 0.1) is 17.6 Å². The van der Waals surface area contributed by atoms with Gasteiger partial charge in [0.25, 0.3) is 0 Å². The van der Waals surface area contributed by atoms with Gasteiger partial charge < -0.3 is 15.4 Å². The zero-order valence-electron chi connectivity index (χ0n) is 11.2. The van der Waals surface area contributed by atoms with Gasteiger partial charge in [0.2, 0.25) is 0 Å². The van der Waals surface area contributed by atoms with Gasteiger partial charge in [-0.3, -0.25) is 0 Å². The Hall–Kier alpha value is -1.20. The van der Waals surface area contributed by atoms with E-state index in [0.717, 1.165) is 12.8 Å². The van der Waals surface area contributed by atoms with E-state index in [1.54, 1.807) is 12.0 Å². The quantitative estimate of drug-likeness (QED) is 0.912. The molecule has 0 aromatic heterocycles. The number of benzene rings is 1. The number of nitrogens with two attached hydrogens (primary N) is 1. The second kappa shape index (κ2) is 6.30. The van der Waals surface area contributed by atoms with Crippen LogP contribution in [0.25, 0.3) is 0 Å². The average molecular weight is 270 g/mol. The van der Waals surface area contributed by atoms with E-state index >= 15 is 0 Å². The minimum atomic E-state index is -0.523. The van der Waals surface area contributed by atoms with Gasteiger partial charge in [0, 0.05) is 33.4 Å². The Morgan fingerprint density at radius 2 is 1.84 bits per heavy atom. The van der Waals surface area contributed by atoms with Gasteiger partial charge >= 0.3 is 0 Å². The van der Waals surface area contributed by atoms with Gasteiger partial charge in [-0.05, 0) is 36.5 Å². The highest BCUT2D eigenvalue weighted by Crippen LogP contribution is 2.29. The Morgan fingerprint density at radius 1 is 1.26 bits per heavy atom. The molecule has 1 aliphatic rings. The fourth-order valence-corrected chi connectivity index (χ4v) is 2.60. The summed E-state index contributed by atoms with van der Waals surface area (Å²) in [5.74, 6) is -0.563. The Bertz CT molecular complexity index is 408. The first-order chi connectivity index (χ1) is 9.15. The molecule has 0 atom stereocenters. The lowest BCUT2D eigenvalue weighted by molar-refractivity contribution is 0.139. The van der Waals surface area contributed by atoms with Crippen molar-refractivity contribution >= 4 is 5.69 Å². The first-order valence-electron chi connectivity index (χ1n) is 6.57. The molecule has 1 aliphatic heterocycles. The summed E-state index contributed by atoms with van der Waals surface area (Å²) in [6, 6.07) is 2.64. The lowest BCUT2D eigenvalue weighted by atomic mass is 9.97. The van der Waals surface area contributed by atoms with E-state index in [9.17, 15) is 8.78 Å². The first-order valence-corrected chi connectivity index (χ1v) is 6.57. The van der Waals surface area contributed by atoms with Crippen LogP contribution in [0.15, 0.2) is 12.1 Å². The van der Waals surface area contributed by atoms with Crippen molar-refractivity contribution in [1.29, 1.82) is 0 Å². The van der Waals surface area contributed by atoms with E-state index in [1.165, 1.54) is 12.1 Å². The number of rotatable bonds is 4. The maximum Gasteiger partial charge on any atom is 0.149 e. The highest BCUT2D eigenvalue weighted by atomic mass is 19.1. The highest BCUT2D eigenvalue weighted by molar-refractivity contribution is 5.51. The molecule has 2 N–H and O–H groups in total. The zero-order chi connectivity index (χ0) is 13.8. The average Bonchev–Trinajstić information content (AvgIpc) is 2.40. The molecule has 0 aliphatic carbocycles. The van der Waals surface area contributed by atoms with Crippen molar-refractivity contribution in [2.24, 2.45) is 11.7 Å². The predicted molar refractivity (Wildman–Crippen MR) is 71.1 cm³/mol. The standard InChI is InChI=1S/C14H20F2N2O/c1-19-9-10-2-4-18(5-3-10)14-12(15)6-11(8-17)7-13(14)16/h6-7,10H,2-5,8-9,17H2,1H3. The Labute approximate surface area is 112 Å². The molecule has 19 heavy (non-hydrogen) atoms. The van der Waals surface area contributed by atoms with Crippen LogP contribution in [-0.2, 0) is 11.3 Å². The Kier molecular flexibility index (Phi) is 4.71. The van der Waals surface area contributed by atoms with Gasteiger partial charge in [-0.15, -0.1) is 0 Å². The van der Waals surface area contributed by atoms with E-state index in [1.807, 2.05) is 0 Å². The number of piperidine rings is 1. The molecule has 0 saturated carbocycles. The number of methoxy groups -OCH3 is 1. The molecule has 1 saturated heterocycles. The normalized spacial score (nSPS) is 16.9. The second-order valence-corrected chi connectivity index (χ2v) is 5.00. The molecular formula is C14H20F2N2O. The summed E-state index contributed by atoms with van der Waals surface area (Å²) in [4.78, 5) is 1.77. The van der Waals surface area contributed by atoms with Gasteiger partial charge in [-0.25, -0.2) is 8.78 Å². The monoisotopic (exact) mass is 270 g/mol. The summed E-state index contributed by atoms with van der Waals surface area (Å²) in [5, 5.41) is 0. The van der Waals surface area contributed by atoms with Gasteiger partial charge in [-0.2, -0.15) is 0 Å². The number of anilines is 1. The van der Waals surface area contributed by atoms with Crippen LogP contribution in [0.4, 0.5) is 14.5 Å². The van der Waals surface area contributed by atoms with Crippen molar-refractivity contribution in [3.8, 4) is 0 Å². The maximum absolute atomic E-state index is 14.0. The molecule has 0 radical (unpaired) electrons. The number of hydrogen-bond acceptors (Lipinski definition) is 3. The van der Waals surface area contributed by atoms with Crippen molar-refractivity contribution in [1.82, 2.24) is 0 Å². The molecule has 0 spiro atoms. The van der Waals surface area contributed by atoms with Gasteiger partial charge in [-0.1, -0.05) is 0 Å². The predicted octanol–water partition coefficient (Wildman–Crippen LogP) is 2.29. The van der Waals surface area contributed by atoms with Crippen molar-refractivity contribution in [3.63, 3.8) is 0 Å². The summed E-state index contributed by atoms with van der Waals surface area (Å²) < 4.78 is 33.1. The summed E-state index contributed by atoms with van der Waals surface area (Å²) in [6.07, 6.45) is 1.79. The largest absolute Gasteiger partial charge is 0.384 e. The smallest absolute Gasteiger partial charge is 0.149 e. The van der Waals surface area contributed by atoms with Crippen LogP contribution in [0.5, 0.6) is 0 Å². The van der Waals surface area contributed by atoms with Crippen LogP contribution in [0.2, 0.25) is 0 Å². The third-order valence-corrected chi connectivity index (χ3v) is 3.65. The van der Waals surface area contributed by atoms with E-state index in [4.69, 9.17) is 10.5 Å². The lowest BCUT2D eigenvalue weighted by Crippen LogP contribution is -2.36. The zero-order valence-corrected chi connectivity index (χ0v) is 11.2. The van der Waals surface area contributed by atoms with Crippen molar-refractivity contribution in [3.05, 3.63) is 29.3 Å². The molecule has 0 unspecified atom stereocenters. The summed E-state index contributed by atoms with van der Waals surface area (Å²) >= 11 is 0. The molecule has 1 fully saturated rings. The van der Waals surface area contributed by atoms with Crippen LogP contribution < -0.4 is 10.6 Å². The fourth-order valence-electron chi connectivity index (χ4n) is 2.60. The van der Waals surface area contributed by atoms with E-state index in [0.29, 0.717) is 31.2 Å². The minimum absolute atomic E-state index is 0.0769. The third kappa shape index (κ3) is 3.22. The number of hydrogen-bond donors (Lipinski definition) is 1. The molecule has 0 bridgehead atoms. The van der Waals surface area contributed by atoms with Crippen molar-refractivity contribution < 1.29 is 13.5 Å². The van der Waals surface area contributed by atoms with Crippen LogP contribution in [0.3, 0.4) is 0 Å². The molecule has 5 heteroatoms. The van der Waals surface area contributed by atoms with Crippen molar-refractivity contribution in [2.75, 3.05) is 31.7 Å². The van der Waals surface area contributed by atoms with Crippen LogP contribution >= 0.6 is 0 Å². The minimum Gasteiger partial charge on any atom is -0.384 e. The summed E-state index contributed by atoms with van der Waals surface area (Å²) in [7, 11) is 1.68. The van der Waals surface area contributed by atoms with Crippen LogP contribution in [-0.4, -0.2) is 26.8 Å². The molecule has 1 aromatic rings. The Balaban J connectivity index is 2.11. The third-order valence-electron chi connectivity index (χ3n) is 3.65. The first kappa shape index (κ1) is 14.2. The fraction of sp³-hybridized carbons (Fsp3) is 0.571. The maximum atomic E-state index is 14.0. The van der Waals surface area contributed by atoms with Gasteiger partial charge in [0.1, 0.15) is 17.3 Å². The second-order valence-electron chi connectivity index (χ2n) is 5.00. The molecular weight excluding hydrogens is 250 g/mol. The number of nitrogens with zero attached hydrogens (tertiary/aromatic N) is 1. The highest BCUT2D eigenvalue weighted by Gasteiger charge is 2.24. The molecule has 0 amide bonds. The molecule has 1 heterocycles. The molecule has 3 nitrogen and oxygen atoms in total. The number of ether oxygens (including phenoxy) is 1. The lowest BCUT2D eigenvalue weighted by Gasteiger charge is -2.33. The van der Waals surface area contributed by atoms with E-state index in [-0.39, 0.29) is 12.2 Å². The van der Waals surface area contributed by atoms with Crippen LogP contribution in [0.1, 0.15) is 18.4 Å². The molecule has 106 valence electrons. The van der Waals surface area contributed by atoms with E-state index < -0.39 is 11.6 Å². The summed E-state index contributed by atoms with van der Waals surface area (Å²) in [6.45, 7) is 2.17. The van der Waals surface area contributed by atoms with Gasteiger partial charge in [0.05, 0.1) is 0 Å². The molecule has 2 rings (SSSR count). The Morgan fingerprint density at radius 3 is 2.32 bits per heavy atom. The van der Waals surface area contributed by atoms with E-state index in [2.05, 4.69) is 0 Å².